The van der Waals surface area contributed by atoms with E-state index in [9.17, 15) is 5.11 Å². The Morgan fingerprint density at radius 2 is 1.89 bits per heavy atom. The van der Waals surface area contributed by atoms with Crippen LogP contribution < -0.4 is 5.73 Å². The Hall–Kier alpha value is -1.84. The van der Waals surface area contributed by atoms with Crippen molar-refractivity contribution < 1.29 is 9.84 Å². The molecule has 2 rings (SSSR count). The Balaban J connectivity index is 2.28. The molecule has 0 aliphatic heterocycles. The second-order valence-electron chi connectivity index (χ2n) is 4.52. The van der Waals surface area contributed by atoms with Crippen LogP contribution in [0, 0.1) is 0 Å². The van der Waals surface area contributed by atoms with Gasteiger partial charge in [0.2, 0.25) is 0 Å². The molecule has 3 N–H and O–H groups in total. The monoisotopic (exact) mass is 257 g/mol. The Morgan fingerprint density at radius 1 is 1.16 bits per heavy atom. The van der Waals surface area contributed by atoms with Gasteiger partial charge in [-0.1, -0.05) is 42.5 Å². The number of methoxy groups -OCH3 is 1. The summed E-state index contributed by atoms with van der Waals surface area (Å²) in [5.41, 5.74) is 9.07. The van der Waals surface area contributed by atoms with Crippen LogP contribution in [-0.2, 0) is 11.2 Å². The number of benzene rings is 2. The van der Waals surface area contributed by atoms with Gasteiger partial charge in [-0.3, -0.25) is 0 Å². The van der Waals surface area contributed by atoms with E-state index in [1.807, 2.05) is 42.5 Å². The van der Waals surface area contributed by atoms with Gasteiger partial charge in [0.05, 0.1) is 12.6 Å². The molecule has 3 heteroatoms. The number of phenols is 1. The zero-order valence-corrected chi connectivity index (χ0v) is 11.0. The van der Waals surface area contributed by atoms with Gasteiger partial charge in [-0.05, 0) is 23.6 Å². The molecular formula is C16H19NO2. The van der Waals surface area contributed by atoms with Crippen molar-refractivity contribution in [2.75, 3.05) is 13.7 Å². The van der Waals surface area contributed by atoms with Gasteiger partial charge < -0.3 is 15.6 Å². The summed E-state index contributed by atoms with van der Waals surface area (Å²) in [6.07, 6.45) is 0.811. The summed E-state index contributed by atoms with van der Waals surface area (Å²) in [6.45, 7) is 0.658. The maximum atomic E-state index is 9.98. The van der Waals surface area contributed by atoms with Crippen LogP contribution in [0.2, 0.25) is 0 Å². The lowest BCUT2D eigenvalue weighted by Crippen LogP contribution is -2.12. The molecule has 2 aromatic carbocycles. The van der Waals surface area contributed by atoms with Gasteiger partial charge in [0, 0.05) is 12.7 Å². The normalized spacial score (nSPS) is 12.3. The number of hydrogen-bond donors (Lipinski definition) is 2. The lowest BCUT2D eigenvalue weighted by atomic mass is 9.96. The van der Waals surface area contributed by atoms with E-state index in [0.717, 1.165) is 23.1 Å². The van der Waals surface area contributed by atoms with Crippen molar-refractivity contribution in [1.29, 1.82) is 0 Å². The number of aromatic hydroxyl groups is 1. The molecule has 0 saturated heterocycles. The first kappa shape index (κ1) is 13.6. The minimum absolute atomic E-state index is 0.234. The molecule has 1 unspecified atom stereocenters. The van der Waals surface area contributed by atoms with E-state index in [1.165, 1.54) is 0 Å². The van der Waals surface area contributed by atoms with Gasteiger partial charge in [0.25, 0.3) is 0 Å². The highest BCUT2D eigenvalue weighted by Crippen LogP contribution is 2.28. The topological polar surface area (TPSA) is 55.5 Å². The molecule has 0 aromatic heterocycles. The minimum Gasteiger partial charge on any atom is -0.508 e. The summed E-state index contributed by atoms with van der Waals surface area (Å²) in [6, 6.07) is 15.0. The largest absolute Gasteiger partial charge is 0.508 e. The van der Waals surface area contributed by atoms with Crippen LogP contribution in [0.1, 0.15) is 22.7 Å². The molecule has 0 saturated carbocycles. The fraction of sp³-hybridized carbons (Fsp3) is 0.250. The Morgan fingerprint density at radius 3 is 2.58 bits per heavy atom. The highest BCUT2D eigenvalue weighted by atomic mass is 16.5. The summed E-state index contributed by atoms with van der Waals surface area (Å²) < 4.78 is 5.07. The molecule has 0 fully saturated rings. The smallest absolute Gasteiger partial charge is 0.120 e. The third-order valence-corrected chi connectivity index (χ3v) is 3.18. The number of hydrogen-bond acceptors (Lipinski definition) is 3. The Labute approximate surface area is 113 Å². The van der Waals surface area contributed by atoms with Gasteiger partial charge >= 0.3 is 0 Å². The van der Waals surface area contributed by atoms with Crippen LogP contribution in [0.5, 0.6) is 5.75 Å². The first-order valence-corrected chi connectivity index (χ1v) is 6.33. The van der Waals surface area contributed by atoms with Crippen LogP contribution in [0.25, 0.3) is 0 Å². The molecule has 0 amide bonds. The van der Waals surface area contributed by atoms with Crippen molar-refractivity contribution in [2.24, 2.45) is 5.73 Å². The second kappa shape index (κ2) is 6.36. The quantitative estimate of drug-likeness (QED) is 0.865. The van der Waals surface area contributed by atoms with Gasteiger partial charge in [0.15, 0.2) is 0 Å². The molecule has 1 atom stereocenters. The van der Waals surface area contributed by atoms with Crippen LogP contribution in [-0.4, -0.2) is 18.8 Å². The maximum Gasteiger partial charge on any atom is 0.120 e. The van der Waals surface area contributed by atoms with E-state index < -0.39 is 0 Å². The molecule has 0 radical (unpaired) electrons. The summed E-state index contributed by atoms with van der Waals surface area (Å²) in [7, 11) is 1.68. The summed E-state index contributed by atoms with van der Waals surface area (Å²) in [5, 5.41) is 9.98. The van der Waals surface area contributed by atoms with E-state index in [-0.39, 0.29) is 11.8 Å². The predicted octanol–water partition coefficient (Wildman–Crippen LogP) is 2.63. The van der Waals surface area contributed by atoms with E-state index >= 15 is 0 Å². The van der Waals surface area contributed by atoms with Gasteiger partial charge in [0.1, 0.15) is 5.75 Å². The van der Waals surface area contributed by atoms with E-state index in [1.54, 1.807) is 13.2 Å². The molecule has 100 valence electrons. The van der Waals surface area contributed by atoms with E-state index in [4.69, 9.17) is 10.5 Å². The van der Waals surface area contributed by atoms with Gasteiger partial charge in [-0.25, -0.2) is 0 Å². The van der Waals surface area contributed by atoms with E-state index in [2.05, 4.69) is 0 Å². The van der Waals surface area contributed by atoms with E-state index in [0.29, 0.717) is 6.61 Å². The lowest BCUT2D eigenvalue weighted by molar-refractivity contribution is 0.202. The standard InChI is InChI=1S/C16H19NO2/c1-19-10-9-12-7-8-15(18)14(11-12)16(17)13-5-3-2-4-6-13/h2-8,11,16,18H,9-10,17H2,1H3. The number of nitrogens with two attached hydrogens (primary N) is 1. The zero-order chi connectivity index (χ0) is 13.7. The van der Waals surface area contributed by atoms with Crippen LogP contribution >= 0.6 is 0 Å². The molecule has 0 heterocycles. The van der Waals surface area contributed by atoms with Crippen molar-refractivity contribution in [3.05, 3.63) is 65.2 Å². The SMILES string of the molecule is COCCc1ccc(O)c(C(N)c2ccccc2)c1. The first-order valence-electron chi connectivity index (χ1n) is 6.33. The predicted molar refractivity (Wildman–Crippen MR) is 76.2 cm³/mol. The minimum atomic E-state index is -0.316. The number of ether oxygens (including phenoxy) is 1. The van der Waals surface area contributed by atoms with Crippen molar-refractivity contribution >= 4 is 0 Å². The molecule has 19 heavy (non-hydrogen) atoms. The molecular weight excluding hydrogens is 238 g/mol. The van der Waals surface area contributed by atoms with Crippen LogP contribution in [0.15, 0.2) is 48.5 Å². The van der Waals surface area contributed by atoms with Crippen LogP contribution in [0.3, 0.4) is 0 Å². The third-order valence-electron chi connectivity index (χ3n) is 3.18. The lowest BCUT2D eigenvalue weighted by Gasteiger charge is -2.15. The van der Waals surface area contributed by atoms with Crippen LogP contribution in [0.4, 0.5) is 0 Å². The van der Waals surface area contributed by atoms with Crippen molar-refractivity contribution in [3.8, 4) is 5.75 Å². The maximum absolute atomic E-state index is 9.98. The molecule has 0 bridgehead atoms. The third kappa shape index (κ3) is 3.34. The average molecular weight is 257 g/mol. The van der Waals surface area contributed by atoms with Crippen molar-refractivity contribution in [2.45, 2.75) is 12.5 Å². The summed E-state index contributed by atoms with van der Waals surface area (Å²) in [5.74, 6) is 0.234. The highest BCUT2D eigenvalue weighted by Gasteiger charge is 2.13. The fourth-order valence-corrected chi connectivity index (χ4v) is 2.07. The fourth-order valence-electron chi connectivity index (χ4n) is 2.07. The number of phenolic OH excluding ortho intramolecular Hbond substituents is 1. The Kier molecular flexibility index (Phi) is 4.55. The summed E-state index contributed by atoms with van der Waals surface area (Å²) >= 11 is 0. The van der Waals surface area contributed by atoms with Gasteiger partial charge in [-0.15, -0.1) is 0 Å². The van der Waals surface area contributed by atoms with Crippen molar-refractivity contribution in [3.63, 3.8) is 0 Å². The Bertz CT molecular complexity index is 526. The van der Waals surface area contributed by atoms with Crippen molar-refractivity contribution in [1.82, 2.24) is 0 Å². The average Bonchev–Trinajstić information content (AvgIpc) is 2.46. The molecule has 0 spiro atoms. The molecule has 0 aliphatic rings. The molecule has 2 aromatic rings. The number of rotatable bonds is 5. The zero-order valence-electron chi connectivity index (χ0n) is 11.0. The molecule has 0 aliphatic carbocycles. The summed E-state index contributed by atoms with van der Waals surface area (Å²) in [4.78, 5) is 0. The second-order valence-corrected chi connectivity index (χ2v) is 4.52. The van der Waals surface area contributed by atoms with Gasteiger partial charge in [-0.2, -0.15) is 0 Å². The highest BCUT2D eigenvalue weighted by molar-refractivity contribution is 5.42. The first-order chi connectivity index (χ1) is 9.22. The molecule has 3 nitrogen and oxygen atoms in total.